The monoisotopic (exact) mass is 222 g/mol. The van der Waals surface area contributed by atoms with Crippen LogP contribution in [0.1, 0.15) is 0 Å². The highest BCUT2D eigenvalue weighted by atomic mass is 19.1. The summed E-state index contributed by atoms with van der Waals surface area (Å²) in [5.74, 6) is 0. The molecule has 84 valence electrons. The van der Waals surface area contributed by atoms with Crippen molar-refractivity contribution < 1.29 is 4.39 Å². The van der Waals surface area contributed by atoms with Crippen molar-refractivity contribution in [2.75, 3.05) is 33.0 Å². The fraction of sp³-hybridized carbons (Fsp3) is 0.667. The van der Waals surface area contributed by atoms with Gasteiger partial charge in [0, 0.05) is 0 Å². The first-order valence-electron chi connectivity index (χ1n) is 4.68. The molecule has 0 aromatic carbocycles. The lowest BCUT2D eigenvalue weighted by Crippen LogP contribution is -2.59. The van der Waals surface area contributed by atoms with Crippen molar-refractivity contribution in [1.29, 1.82) is 15.8 Å². The van der Waals surface area contributed by atoms with Crippen LogP contribution in [0.3, 0.4) is 0 Å². The van der Waals surface area contributed by atoms with E-state index in [1.54, 1.807) is 4.90 Å². The van der Waals surface area contributed by atoms with E-state index >= 15 is 0 Å². The molecule has 1 rings (SSSR count). The van der Waals surface area contributed by atoms with E-state index in [-0.39, 0.29) is 33.0 Å². The van der Waals surface area contributed by atoms with Crippen LogP contribution in [0.25, 0.3) is 0 Å². The average molecular weight is 222 g/mol. The van der Waals surface area contributed by atoms with Crippen molar-refractivity contribution in [2.45, 2.75) is 6.42 Å². The fourth-order valence-electron chi connectivity index (χ4n) is 1.56. The molecule has 1 aliphatic heterocycles. The molecule has 1 fully saturated rings. The van der Waals surface area contributed by atoms with Crippen molar-refractivity contribution in [3.05, 3.63) is 0 Å². The van der Waals surface area contributed by atoms with E-state index in [2.05, 4.69) is 0 Å². The summed E-state index contributed by atoms with van der Waals surface area (Å²) >= 11 is 0. The fourth-order valence-corrected chi connectivity index (χ4v) is 1.56. The van der Waals surface area contributed by atoms with Gasteiger partial charge in [-0.15, -0.1) is 0 Å². The minimum absolute atomic E-state index is 0.0645. The van der Waals surface area contributed by atoms with Crippen LogP contribution in [0.5, 0.6) is 0 Å². The minimum Gasteiger partial charge on any atom is -0.264 e. The van der Waals surface area contributed by atoms with Gasteiger partial charge in [-0.3, -0.25) is 4.90 Å². The highest BCUT2D eigenvalue weighted by molar-refractivity contribution is 4.87. The van der Waals surface area contributed by atoms with Crippen LogP contribution >= 0.6 is 0 Å². The highest BCUT2D eigenvalue weighted by Crippen LogP contribution is 2.14. The number of nitrogens with zero attached hydrogens (tertiary/aromatic N) is 6. The molecule has 1 aliphatic rings. The molecule has 0 spiro atoms. The zero-order chi connectivity index (χ0) is 12.0. The standard InChI is InChI=1S/C9H11FN6/c10-9-15(5-2-12)7-14(4-1-11)8-16(9)6-3-13/h9H,4-8H2. The number of hydrogen-bond acceptors (Lipinski definition) is 6. The Morgan fingerprint density at radius 1 is 0.938 bits per heavy atom. The molecule has 0 amide bonds. The Kier molecular flexibility index (Phi) is 4.63. The van der Waals surface area contributed by atoms with Crippen LogP contribution in [0.2, 0.25) is 0 Å². The summed E-state index contributed by atoms with van der Waals surface area (Å²) in [6.45, 7) is 0.473. The molecule has 7 heteroatoms. The Hall–Kier alpha value is -1.72. The van der Waals surface area contributed by atoms with Crippen LogP contribution in [0, 0.1) is 34.0 Å². The van der Waals surface area contributed by atoms with Crippen LogP contribution in [0.15, 0.2) is 0 Å². The Morgan fingerprint density at radius 3 is 1.75 bits per heavy atom. The smallest absolute Gasteiger partial charge is 0.213 e. The van der Waals surface area contributed by atoms with Crippen molar-refractivity contribution in [1.82, 2.24) is 14.7 Å². The quantitative estimate of drug-likeness (QED) is 0.479. The molecule has 16 heavy (non-hydrogen) atoms. The SMILES string of the molecule is N#CCN1CN(CC#N)C(F)N(CC#N)C1. The van der Waals surface area contributed by atoms with Gasteiger partial charge in [-0.1, -0.05) is 0 Å². The molecule has 0 saturated carbocycles. The second-order valence-electron chi connectivity index (χ2n) is 3.39. The van der Waals surface area contributed by atoms with E-state index in [4.69, 9.17) is 15.8 Å². The van der Waals surface area contributed by atoms with Crippen LogP contribution < -0.4 is 0 Å². The van der Waals surface area contributed by atoms with E-state index in [9.17, 15) is 4.39 Å². The number of hydrogen-bond donors (Lipinski definition) is 0. The largest absolute Gasteiger partial charge is 0.264 e. The molecule has 0 aliphatic carbocycles. The Labute approximate surface area is 93.3 Å². The molecular weight excluding hydrogens is 211 g/mol. The predicted octanol–water partition coefficient (Wildman–Crippen LogP) is -0.355. The molecule has 0 unspecified atom stereocenters. The maximum absolute atomic E-state index is 13.7. The summed E-state index contributed by atoms with van der Waals surface area (Å²) in [4.78, 5) is 4.22. The third kappa shape index (κ3) is 2.88. The Morgan fingerprint density at radius 2 is 1.38 bits per heavy atom. The van der Waals surface area contributed by atoms with Crippen molar-refractivity contribution in [3.8, 4) is 18.2 Å². The van der Waals surface area contributed by atoms with Crippen LogP contribution in [0.4, 0.5) is 4.39 Å². The molecule has 1 saturated heterocycles. The zero-order valence-electron chi connectivity index (χ0n) is 8.67. The van der Waals surface area contributed by atoms with E-state index in [0.717, 1.165) is 0 Å². The first-order chi connectivity index (χ1) is 7.72. The van der Waals surface area contributed by atoms with Gasteiger partial charge in [0.15, 0.2) is 0 Å². The maximum Gasteiger partial charge on any atom is 0.213 e. The highest BCUT2D eigenvalue weighted by Gasteiger charge is 2.32. The first kappa shape index (κ1) is 12.4. The van der Waals surface area contributed by atoms with Gasteiger partial charge in [0.05, 0.1) is 51.2 Å². The van der Waals surface area contributed by atoms with Gasteiger partial charge in [-0.2, -0.15) is 15.8 Å². The molecule has 0 radical (unpaired) electrons. The van der Waals surface area contributed by atoms with Gasteiger partial charge in [-0.25, -0.2) is 14.2 Å². The van der Waals surface area contributed by atoms with Crippen molar-refractivity contribution in [3.63, 3.8) is 0 Å². The summed E-state index contributed by atoms with van der Waals surface area (Å²) in [7, 11) is 0. The number of rotatable bonds is 3. The van der Waals surface area contributed by atoms with Crippen molar-refractivity contribution in [2.24, 2.45) is 0 Å². The summed E-state index contributed by atoms with van der Waals surface area (Å²) in [6, 6.07) is 5.68. The molecule has 0 bridgehead atoms. The third-order valence-corrected chi connectivity index (χ3v) is 2.21. The zero-order valence-corrected chi connectivity index (χ0v) is 8.67. The number of halogens is 1. The van der Waals surface area contributed by atoms with E-state index in [1.807, 2.05) is 18.2 Å². The topological polar surface area (TPSA) is 81.1 Å². The van der Waals surface area contributed by atoms with Gasteiger partial charge in [0.25, 0.3) is 0 Å². The lowest BCUT2D eigenvalue weighted by atomic mass is 10.4. The van der Waals surface area contributed by atoms with Gasteiger partial charge < -0.3 is 0 Å². The lowest BCUT2D eigenvalue weighted by molar-refractivity contribution is -0.130. The minimum atomic E-state index is -1.44. The maximum atomic E-state index is 13.7. The van der Waals surface area contributed by atoms with Crippen molar-refractivity contribution >= 4 is 0 Å². The lowest BCUT2D eigenvalue weighted by Gasteiger charge is -2.42. The Bertz CT molecular complexity index is 324. The summed E-state index contributed by atoms with van der Waals surface area (Å²) in [5.41, 5.74) is 0. The summed E-state index contributed by atoms with van der Waals surface area (Å²) < 4.78 is 13.7. The molecular formula is C9H11FN6. The second-order valence-corrected chi connectivity index (χ2v) is 3.39. The average Bonchev–Trinajstić information content (AvgIpc) is 2.26. The van der Waals surface area contributed by atoms with Gasteiger partial charge in [0.1, 0.15) is 0 Å². The number of alkyl halides is 1. The third-order valence-electron chi connectivity index (χ3n) is 2.21. The molecule has 0 aromatic heterocycles. The molecule has 0 aromatic rings. The summed E-state index contributed by atoms with van der Waals surface area (Å²) in [6.07, 6.45) is -1.44. The predicted molar refractivity (Wildman–Crippen MR) is 51.6 cm³/mol. The van der Waals surface area contributed by atoms with E-state index < -0.39 is 6.42 Å². The normalized spacial score (nSPS) is 19.9. The van der Waals surface area contributed by atoms with Crippen LogP contribution in [-0.4, -0.2) is 54.1 Å². The second kappa shape index (κ2) is 5.99. The molecule has 0 atom stereocenters. The van der Waals surface area contributed by atoms with Gasteiger partial charge >= 0.3 is 0 Å². The van der Waals surface area contributed by atoms with Gasteiger partial charge in [-0.05, 0) is 0 Å². The molecule has 6 nitrogen and oxygen atoms in total. The Balaban J connectivity index is 2.69. The van der Waals surface area contributed by atoms with Crippen LogP contribution in [-0.2, 0) is 0 Å². The first-order valence-corrected chi connectivity index (χ1v) is 4.68. The van der Waals surface area contributed by atoms with E-state index in [1.165, 1.54) is 9.80 Å². The number of nitriles is 3. The molecule has 0 N–H and O–H groups in total. The summed E-state index contributed by atoms with van der Waals surface area (Å²) in [5, 5.41) is 25.7. The van der Waals surface area contributed by atoms with E-state index in [0.29, 0.717) is 0 Å². The van der Waals surface area contributed by atoms with Gasteiger partial charge in [0.2, 0.25) is 6.42 Å². The molecule has 1 heterocycles.